The molecule has 0 spiro atoms. The summed E-state index contributed by atoms with van der Waals surface area (Å²) in [5, 5.41) is 8.82. The van der Waals surface area contributed by atoms with Crippen molar-refractivity contribution in [1.29, 1.82) is 0 Å². The molecule has 5 aromatic rings. The number of aromatic nitrogens is 3. The van der Waals surface area contributed by atoms with E-state index in [9.17, 15) is 9.59 Å². The lowest BCUT2D eigenvalue weighted by molar-refractivity contribution is -0.122. The van der Waals surface area contributed by atoms with E-state index in [-0.39, 0.29) is 24.6 Å². The highest BCUT2D eigenvalue weighted by atomic mass is 16.3. The molecule has 0 unspecified atom stereocenters. The summed E-state index contributed by atoms with van der Waals surface area (Å²) in [6, 6.07) is 17.8. The van der Waals surface area contributed by atoms with E-state index >= 15 is 0 Å². The van der Waals surface area contributed by atoms with E-state index in [2.05, 4.69) is 42.5 Å². The first-order valence-electron chi connectivity index (χ1n) is 10.8. The quantitative estimate of drug-likeness (QED) is 0.434. The molecule has 0 aliphatic carbocycles. The fourth-order valence-electron chi connectivity index (χ4n) is 4.20. The van der Waals surface area contributed by atoms with Gasteiger partial charge in [-0.1, -0.05) is 42.0 Å². The molecule has 0 saturated carbocycles. The summed E-state index contributed by atoms with van der Waals surface area (Å²) in [5.41, 5.74) is 4.71. The molecular weight excluding hydrogens is 416 g/mol. The minimum absolute atomic E-state index is 0.166. The third-order valence-electron chi connectivity index (χ3n) is 5.94. The van der Waals surface area contributed by atoms with Crippen molar-refractivity contribution < 1.29 is 9.21 Å². The number of fused-ring (bicyclic) bond motifs is 3. The lowest BCUT2D eigenvalue weighted by Crippen LogP contribution is -2.33. The molecule has 7 nitrogen and oxygen atoms in total. The van der Waals surface area contributed by atoms with Gasteiger partial charge in [-0.15, -0.1) is 0 Å². The van der Waals surface area contributed by atoms with Gasteiger partial charge in [-0.05, 0) is 43.2 Å². The molecule has 5 rings (SSSR count). The van der Waals surface area contributed by atoms with E-state index in [1.165, 1.54) is 15.8 Å². The van der Waals surface area contributed by atoms with Crippen LogP contribution in [0.5, 0.6) is 0 Å². The molecule has 0 radical (unpaired) electrons. The topological polar surface area (TPSA) is 82.1 Å². The second-order valence-electron chi connectivity index (χ2n) is 8.26. The minimum atomic E-state index is -0.308. The van der Waals surface area contributed by atoms with Crippen LogP contribution in [0.4, 0.5) is 0 Å². The normalized spacial score (nSPS) is 11.3. The van der Waals surface area contributed by atoms with E-state index in [0.717, 1.165) is 21.9 Å². The molecule has 33 heavy (non-hydrogen) atoms. The van der Waals surface area contributed by atoms with Gasteiger partial charge in [-0.2, -0.15) is 5.10 Å². The van der Waals surface area contributed by atoms with Crippen LogP contribution in [-0.4, -0.2) is 20.3 Å². The Morgan fingerprint density at radius 3 is 2.73 bits per heavy atom. The van der Waals surface area contributed by atoms with Crippen molar-refractivity contribution in [3.63, 3.8) is 0 Å². The summed E-state index contributed by atoms with van der Waals surface area (Å²) in [6.07, 6.45) is 3.23. The first-order valence-corrected chi connectivity index (χ1v) is 10.8. The predicted octanol–water partition coefficient (Wildman–Crippen LogP) is 3.93. The Bertz CT molecular complexity index is 1530. The van der Waals surface area contributed by atoms with Crippen molar-refractivity contribution in [3.05, 3.63) is 99.9 Å². The molecule has 2 aromatic carbocycles. The molecule has 3 aromatic heterocycles. The number of furan rings is 1. The van der Waals surface area contributed by atoms with Gasteiger partial charge < -0.3 is 14.3 Å². The van der Waals surface area contributed by atoms with Gasteiger partial charge in [-0.3, -0.25) is 9.59 Å². The van der Waals surface area contributed by atoms with Crippen LogP contribution in [0.1, 0.15) is 22.5 Å². The van der Waals surface area contributed by atoms with Gasteiger partial charge in [0, 0.05) is 22.8 Å². The van der Waals surface area contributed by atoms with Gasteiger partial charge in [0.1, 0.15) is 17.8 Å². The van der Waals surface area contributed by atoms with E-state index in [1.807, 2.05) is 28.8 Å². The molecule has 1 N–H and O–H groups in total. The molecule has 7 heteroatoms. The minimum Gasteiger partial charge on any atom is -0.467 e. The Hall–Kier alpha value is -4.13. The Balaban J connectivity index is 1.56. The number of rotatable bonds is 6. The van der Waals surface area contributed by atoms with E-state index in [0.29, 0.717) is 17.8 Å². The third-order valence-corrected chi connectivity index (χ3v) is 5.94. The van der Waals surface area contributed by atoms with Crippen molar-refractivity contribution in [2.45, 2.75) is 33.5 Å². The van der Waals surface area contributed by atoms with Crippen LogP contribution in [-0.2, 0) is 24.4 Å². The highest BCUT2D eigenvalue weighted by Crippen LogP contribution is 2.27. The van der Waals surface area contributed by atoms with Crippen LogP contribution in [0.25, 0.3) is 21.8 Å². The van der Waals surface area contributed by atoms with E-state index < -0.39 is 0 Å². The zero-order valence-corrected chi connectivity index (χ0v) is 18.5. The van der Waals surface area contributed by atoms with Crippen LogP contribution >= 0.6 is 0 Å². The first-order chi connectivity index (χ1) is 16.0. The van der Waals surface area contributed by atoms with Gasteiger partial charge in [-0.25, -0.2) is 4.68 Å². The number of aryl methyl sites for hydroxylation is 2. The van der Waals surface area contributed by atoms with Crippen molar-refractivity contribution in [3.8, 4) is 0 Å². The molecule has 0 bridgehead atoms. The fraction of sp³-hybridized carbons (Fsp3) is 0.192. The van der Waals surface area contributed by atoms with Crippen LogP contribution < -0.4 is 10.9 Å². The number of nitrogens with zero attached hydrogens (tertiary/aromatic N) is 3. The molecule has 166 valence electrons. The average molecular weight is 441 g/mol. The Morgan fingerprint density at radius 1 is 1.06 bits per heavy atom. The van der Waals surface area contributed by atoms with Crippen LogP contribution in [0.3, 0.4) is 0 Å². The number of hydrogen-bond acceptors (Lipinski definition) is 4. The van der Waals surface area contributed by atoms with Gasteiger partial charge in [0.2, 0.25) is 5.91 Å². The van der Waals surface area contributed by atoms with Crippen LogP contribution in [0, 0.1) is 13.8 Å². The fourth-order valence-corrected chi connectivity index (χ4v) is 4.20. The second-order valence-corrected chi connectivity index (χ2v) is 8.26. The molecular formula is C26H24N4O3. The lowest BCUT2D eigenvalue weighted by Gasteiger charge is -2.12. The third kappa shape index (κ3) is 3.93. The molecule has 0 aliphatic heterocycles. The number of carbonyl (C=O) groups is 1. The summed E-state index contributed by atoms with van der Waals surface area (Å²) >= 11 is 0. The SMILES string of the molecule is Cc1ccc(C)c(Cn2c3ccccc3c3cnn(CC(=O)NCc4ccco4)c(=O)c32)c1. The maximum Gasteiger partial charge on any atom is 0.291 e. The monoisotopic (exact) mass is 440 g/mol. The van der Waals surface area contributed by atoms with Crippen molar-refractivity contribution in [2.24, 2.45) is 0 Å². The number of carbonyl (C=O) groups excluding carboxylic acids is 1. The Kier molecular flexibility index (Phi) is 5.30. The zero-order chi connectivity index (χ0) is 22.9. The standard InChI is InChI=1S/C26H24N4O3/c1-17-9-10-18(2)19(12-17)15-29-23-8-4-3-7-21(23)22-14-28-30(26(32)25(22)29)16-24(31)27-13-20-6-5-11-33-20/h3-12,14H,13,15-16H2,1-2H3,(H,27,31). The molecule has 1 amide bonds. The molecule has 0 saturated heterocycles. The van der Waals surface area contributed by atoms with E-state index in [1.54, 1.807) is 24.6 Å². The summed E-state index contributed by atoms with van der Waals surface area (Å²) in [7, 11) is 0. The Labute approximate surface area is 190 Å². The number of benzene rings is 2. The summed E-state index contributed by atoms with van der Waals surface area (Å²) in [6.45, 7) is 4.79. The summed E-state index contributed by atoms with van der Waals surface area (Å²) in [4.78, 5) is 26.0. The first kappa shape index (κ1) is 20.8. The predicted molar refractivity (Wildman–Crippen MR) is 127 cm³/mol. The summed E-state index contributed by atoms with van der Waals surface area (Å²) in [5.74, 6) is 0.338. The highest BCUT2D eigenvalue weighted by molar-refractivity contribution is 6.07. The molecule has 3 heterocycles. The molecule has 0 fully saturated rings. The second kappa shape index (κ2) is 8.43. The maximum atomic E-state index is 13.5. The van der Waals surface area contributed by atoms with Gasteiger partial charge >= 0.3 is 0 Å². The number of amides is 1. The van der Waals surface area contributed by atoms with Gasteiger partial charge in [0.05, 0.1) is 19.0 Å². The van der Waals surface area contributed by atoms with Crippen LogP contribution in [0.15, 0.2) is 76.3 Å². The van der Waals surface area contributed by atoms with E-state index in [4.69, 9.17) is 4.42 Å². The van der Waals surface area contributed by atoms with Crippen molar-refractivity contribution in [2.75, 3.05) is 0 Å². The number of para-hydroxylation sites is 1. The number of nitrogens with one attached hydrogen (secondary N) is 1. The number of hydrogen-bond donors (Lipinski definition) is 1. The zero-order valence-electron chi connectivity index (χ0n) is 18.5. The van der Waals surface area contributed by atoms with Crippen molar-refractivity contribution in [1.82, 2.24) is 19.7 Å². The largest absolute Gasteiger partial charge is 0.467 e. The van der Waals surface area contributed by atoms with Crippen molar-refractivity contribution >= 4 is 27.7 Å². The maximum absolute atomic E-state index is 13.5. The van der Waals surface area contributed by atoms with Gasteiger partial charge in [0.15, 0.2) is 0 Å². The molecule has 0 aliphatic rings. The van der Waals surface area contributed by atoms with Crippen LogP contribution in [0.2, 0.25) is 0 Å². The van der Waals surface area contributed by atoms with Gasteiger partial charge in [0.25, 0.3) is 5.56 Å². The highest BCUT2D eigenvalue weighted by Gasteiger charge is 2.18. The smallest absolute Gasteiger partial charge is 0.291 e. The lowest BCUT2D eigenvalue weighted by atomic mass is 10.1. The Morgan fingerprint density at radius 2 is 1.91 bits per heavy atom. The summed E-state index contributed by atoms with van der Waals surface area (Å²) < 4.78 is 8.49. The molecule has 0 atom stereocenters. The average Bonchev–Trinajstić information content (AvgIpc) is 3.44.